The second kappa shape index (κ2) is 14.5. The maximum absolute atomic E-state index is 13.2. The number of nitrogens with one attached hydrogen (secondary N) is 3. The predicted octanol–water partition coefficient (Wildman–Crippen LogP) is 4.40. The Bertz CT molecular complexity index is 2000. The lowest BCUT2D eigenvalue weighted by molar-refractivity contribution is -0.120. The van der Waals surface area contributed by atoms with E-state index in [0.717, 1.165) is 60.1 Å². The number of aromatic nitrogens is 5. The van der Waals surface area contributed by atoms with E-state index in [1.807, 2.05) is 73.7 Å². The highest BCUT2D eigenvalue weighted by Crippen LogP contribution is 2.25. The fourth-order valence-electron chi connectivity index (χ4n) is 5.83. The molecule has 5 aromatic rings. The molecule has 0 bridgehead atoms. The number of carbonyl (C=O) groups excluding carboxylic acids is 3. The van der Waals surface area contributed by atoms with Gasteiger partial charge in [-0.15, -0.1) is 5.10 Å². The number of pyridine rings is 1. The highest BCUT2D eigenvalue weighted by Gasteiger charge is 2.25. The van der Waals surface area contributed by atoms with Gasteiger partial charge in [0.2, 0.25) is 11.9 Å². The van der Waals surface area contributed by atoms with Gasteiger partial charge in [0.25, 0.3) is 5.91 Å². The Hall–Kier alpha value is -6.28. The summed E-state index contributed by atoms with van der Waals surface area (Å²) in [7, 11) is 0. The molecule has 0 spiro atoms. The summed E-state index contributed by atoms with van der Waals surface area (Å²) in [4.78, 5) is 55.9. The summed E-state index contributed by atoms with van der Waals surface area (Å²) in [5, 5.41) is 17.1. The summed E-state index contributed by atoms with van der Waals surface area (Å²) in [5.41, 5.74) is 6.50. The molecule has 0 saturated carbocycles. The zero-order valence-corrected chi connectivity index (χ0v) is 27.4. The van der Waals surface area contributed by atoms with Crippen LogP contribution in [0, 0.1) is 6.92 Å². The maximum Gasteiger partial charge on any atom is 0.329 e. The molecule has 3 N–H and O–H groups in total. The second-order valence-corrected chi connectivity index (χ2v) is 12.1. The Morgan fingerprint density at radius 2 is 1.74 bits per heavy atom. The van der Waals surface area contributed by atoms with E-state index in [1.54, 1.807) is 24.7 Å². The van der Waals surface area contributed by atoms with Gasteiger partial charge in [0, 0.05) is 92.5 Å². The molecular formula is C36H35N11O3. The van der Waals surface area contributed by atoms with Crippen LogP contribution >= 0.6 is 0 Å². The van der Waals surface area contributed by atoms with E-state index in [-0.39, 0.29) is 18.2 Å². The number of aryl methyl sites for hydroxylation is 1. The zero-order valence-electron chi connectivity index (χ0n) is 27.4. The van der Waals surface area contributed by atoms with Crippen LogP contribution in [-0.2, 0) is 11.3 Å². The minimum Gasteiger partial charge on any atom is -0.369 e. The maximum atomic E-state index is 13.2. The average molecular weight is 670 g/mol. The first-order valence-electron chi connectivity index (χ1n) is 16.3. The van der Waals surface area contributed by atoms with E-state index >= 15 is 0 Å². The van der Waals surface area contributed by atoms with Gasteiger partial charge in [-0.25, -0.2) is 14.8 Å². The van der Waals surface area contributed by atoms with Crippen LogP contribution in [0.4, 0.5) is 33.6 Å². The number of amides is 4. The van der Waals surface area contributed by atoms with Gasteiger partial charge in [0.05, 0.1) is 11.4 Å². The van der Waals surface area contributed by atoms with Crippen LogP contribution in [0.5, 0.6) is 0 Å². The first kappa shape index (κ1) is 32.3. The van der Waals surface area contributed by atoms with Crippen molar-refractivity contribution < 1.29 is 14.4 Å². The first-order valence-corrected chi connectivity index (χ1v) is 16.3. The van der Waals surface area contributed by atoms with Crippen molar-refractivity contribution in [2.24, 2.45) is 0 Å². The van der Waals surface area contributed by atoms with E-state index in [4.69, 9.17) is 0 Å². The molecule has 14 nitrogen and oxygen atoms in total. The van der Waals surface area contributed by atoms with Crippen molar-refractivity contribution in [1.82, 2.24) is 35.4 Å². The molecule has 0 atom stereocenters. The van der Waals surface area contributed by atoms with Gasteiger partial charge in [0.1, 0.15) is 0 Å². The number of benzene rings is 2. The van der Waals surface area contributed by atoms with Crippen LogP contribution in [0.25, 0.3) is 11.3 Å². The van der Waals surface area contributed by atoms with E-state index in [9.17, 15) is 14.4 Å². The Morgan fingerprint density at radius 1 is 0.900 bits per heavy atom. The standard InChI is InChI=1S/C36H35N11O3/c1-24-4-7-27(21-31(24)41-35-38-15-12-30(40-35)26-3-2-14-37-22-26)39-34(49)25-5-9-29(10-6-25)46-19-17-45(18-20-46)23-28-8-11-32(44-43-28)47-16-13-33(48)42-36(47)50/h2-12,14-15,21-22H,13,16-20,23H2,1H3,(H,39,49)(H,38,40,41)(H,42,48,50). The lowest BCUT2D eigenvalue weighted by atomic mass is 10.1. The molecule has 0 radical (unpaired) electrons. The van der Waals surface area contributed by atoms with Crippen molar-refractivity contribution in [3.05, 3.63) is 108 Å². The van der Waals surface area contributed by atoms with Crippen molar-refractivity contribution in [1.29, 1.82) is 0 Å². The molecule has 7 rings (SSSR count). The van der Waals surface area contributed by atoms with Gasteiger partial charge in [-0.2, -0.15) is 5.10 Å². The van der Waals surface area contributed by atoms with Crippen LogP contribution < -0.4 is 25.8 Å². The largest absolute Gasteiger partial charge is 0.369 e. The number of anilines is 5. The highest BCUT2D eigenvalue weighted by molar-refractivity contribution is 6.05. The Morgan fingerprint density at radius 3 is 2.48 bits per heavy atom. The lowest BCUT2D eigenvalue weighted by Gasteiger charge is -2.36. The molecule has 0 unspecified atom stereocenters. The SMILES string of the molecule is Cc1ccc(NC(=O)c2ccc(N3CCN(Cc4ccc(N5CCC(=O)NC5=O)nn4)CC3)cc2)cc1Nc1nccc(-c2cccnc2)n1. The number of carbonyl (C=O) groups is 3. The molecule has 50 heavy (non-hydrogen) atoms. The van der Waals surface area contributed by atoms with Gasteiger partial charge in [-0.3, -0.25) is 29.7 Å². The van der Waals surface area contributed by atoms with Crippen LogP contribution in [0.15, 0.2) is 91.4 Å². The van der Waals surface area contributed by atoms with E-state index in [1.165, 1.54) is 4.90 Å². The molecular weight excluding hydrogens is 634 g/mol. The summed E-state index contributed by atoms with van der Waals surface area (Å²) >= 11 is 0. The van der Waals surface area contributed by atoms with Crippen LogP contribution in [-0.4, -0.2) is 80.6 Å². The highest BCUT2D eigenvalue weighted by atomic mass is 16.2. The first-order chi connectivity index (χ1) is 24.4. The number of rotatable bonds is 9. The van der Waals surface area contributed by atoms with Gasteiger partial charge >= 0.3 is 6.03 Å². The lowest BCUT2D eigenvalue weighted by Crippen LogP contribution is -2.50. The van der Waals surface area contributed by atoms with E-state index < -0.39 is 6.03 Å². The summed E-state index contributed by atoms with van der Waals surface area (Å²) in [6, 6.07) is 22.1. The molecule has 14 heteroatoms. The number of nitrogens with zero attached hydrogens (tertiary/aromatic N) is 8. The Labute approximate surface area is 288 Å². The molecule has 4 amide bonds. The number of imide groups is 1. The van der Waals surface area contributed by atoms with Gasteiger partial charge < -0.3 is 15.5 Å². The number of piperazine rings is 1. The third-order valence-electron chi connectivity index (χ3n) is 8.64. The van der Waals surface area contributed by atoms with Crippen molar-refractivity contribution in [2.45, 2.75) is 19.9 Å². The molecule has 2 aromatic carbocycles. The number of hydrogen-bond donors (Lipinski definition) is 3. The topological polar surface area (TPSA) is 161 Å². The molecule has 5 heterocycles. The third-order valence-corrected chi connectivity index (χ3v) is 8.64. The molecule has 252 valence electrons. The van der Waals surface area contributed by atoms with Crippen molar-refractivity contribution in [3.63, 3.8) is 0 Å². The predicted molar refractivity (Wildman–Crippen MR) is 189 cm³/mol. The summed E-state index contributed by atoms with van der Waals surface area (Å²) in [6.45, 7) is 6.24. The van der Waals surface area contributed by atoms with Crippen LogP contribution in [0.1, 0.15) is 28.0 Å². The van der Waals surface area contributed by atoms with Gasteiger partial charge in [-0.05, 0) is 79.2 Å². The Balaban J connectivity index is 0.911. The van der Waals surface area contributed by atoms with Crippen molar-refractivity contribution in [3.8, 4) is 11.3 Å². The zero-order chi connectivity index (χ0) is 34.5. The van der Waals surface area contributed by atoms with Gasteiger partial charge in [-0.1, -0.05) is 6.07 Å². The van der Waals surface area contributed by atoms with Crippen molar-refractivity contribution in [2.75, 3.05) is 53.2 Å². The van der Waals surface area contributed by atoms with Gasteiger partial charge in [0.15, 0.2) is 5.82 Å². The third kappa shape index (κ3) is 7.55. The fourth-order valence-corrected chi connectivity index (χ4v) is 5.83. The van der Waals surface area contributed by atoms with E-state index in [0.29, 0.717) is 36.1 Å². The van der Waals surface area contributed by atoms with Crippen LogP contribution in [0.2, 0.25) is 0 Å². The molecule has 2 fully saturated rings. The minimum absolute atomic E-state index is 0.201. The molecule has 2 saturated heterocycles. The summed E-state index contributed by atoms with van der Waals surface area (Å²) in [6.07, 6.45) is 5.41. The van der Waals surface area contributed by atoms with Crippen LogP contribution in [0.3, 0.4) is 0 Å². The van der Waals surface area contributed by atoms with E-state index in [2.05, 4.69) is 50.9 Å². The minimum atomic E-state index is -0.474. The molecule has 0 aliphatic carbocycles. The molecule has 2 aliphatic heterocycles. The fraction of sp³-hybridized carbons (Fsp3) is 0.222. The normalized spacial score (nSPS) is 15.1. The number of urea groups is 1. The smallest absolute Gasteiger partial charge is 0.329 e. The average Bonchev–Trinajstić information content (AvgIpc) is 3.14. The second-order valence-electron chi connectivity index (χ2n) is 12.1. The molecule has 2 aliphatic rings. The molecule has 3 aromatic heterocycles. The quantitative estimate of drug-likeness (QED) is 0.204. The number of hydrogen-bond acceptors (Lipinski definition) is 11. The van der Waals surface area contributed by atoms with Crippen molar-refractivity contribution >= 4 is 46.7 Å². The summed E-state index contributed by atoms with van der Waals surface area (Å²) in [5.74, 6) is 0.389. The Kier molecular flexibility index (Phi) is 9.33. The monoisotopic (exact) mass is 669 g/mol. The summed E-state index contributed by atoms with van der Waals surface area (Å²) < 4.78 is 0.